The molecule has 0 saturated carbocycles. The first-order chi connectivity index (χ1) is 8.70. The second kappa shape index (κ2) is 6.45. The summed E-state index contributed by atoms with van der Waals surface area (Å²) in [6, 6.07) is 5.84. The van der Waals surface area contributed by atoms with Gasteiger partial charge in [0.25, 0.3) is 0 Å². The van der Waals surface area contributed by atoms with E-state index in [9.17, 15) is 0 Å². The number of rotatable bonds is 3. The van der Waals surface area contributed by atoms with Gasteiger partial charge in [0.1, 0.15) is 0 Å². The molecule has 6 heteroatoms. The van der Waals surface area contributed by atoms with E-state index >= 15 is 0 Å². The lowest BCUT2D eigenvalue weighted by molar-refractivity contribution is 0.100. The van der Waals surface area contributed by atoms with Crippen LogP contribution in [0, 0.1) is 0 Å². The highest BCUT2D eigenvalue weighted by atomic mass is 79.9. The maximum Gasteiger partial charge on any atom is 0.171 e. The number of hydrogen-bond donors (Lipinski definition) is 2. The van der Waals surface area contributed by atoms with Crippen LogP contribution in [0.5, 0.6) is 0 Å². The van der Waals surface area contributed by atoms with Crippen LogP contribution in [0.25, 0.3) is 0 Å². The Morgan fingerprint density at radius 2 is 2.17 bits per heavy atom. The predicted octanol–water partition coefficient (Wildman–Crippen LogP) is 2.81. The largest absolute Gasteiger partial charge is 0.409 e. The minimum absolute atomic E-state index is 0.144. The Balaban J connectivity index is 2.20. The quantitative estimate of drug-likeness (QED) is 0.387. The Morgan fingerprint density at radius 3 is 2.83 bits per heavy atom. The molecule has 3 N–H and O–H groups in total. The van der Waals surface area contributed by atoms with Gasteiger partial charge in [0.2, 0.25) is 0 Å². The Kier molecular flexibility index (Phi) is 4.91. The van der Waals surface area contributed by atoms with Crippen molar-refractivity contribution in [3.05, 3.63) is 28.2 Å². The number of thioether (sulfide) groups is 1. The van der Waals surface area contributed by atoms with Gasteiger partial charge in [0.05, 0.1) is 0 Å². The van der Waals surface area contributed by atoms with E-state index in [4.69, 9.17) is 15.7 Å². The summed E-state index contributed by atoms with van der Waals surface area (Å²) in [5.41, 5.74) is 6.48. The van der Waals surface area contributed by atoms with Gasteiger partial charge in [-0.2, -0.15) is 0 Å². The minimum atomic E-state index is 0.144. The van der Waals surface area contributed by atoms with E-state index in [1.165, 1.54) is 0 Å². The summed E-state index contributed by atoms with van der Waals surface area (Å²) in [5.74, 6) is 0.144. The topological polar surface area (TPSA) is 67.8 Å². The molecule has 1 heterocycles. The summed E-state index contributed by atoms with van der Waals surface area (Å²) in [4.78, 5) is 1.04. The van der Waals surface area contributed by atoms with Gasteiger partial charge in [-0.3, -0.25) is 0 Å². The lowest BCUT2D eigenvalue weighted by Crippen LogP contribution is -2.19. The number of ether oxygens (including phenoxy) is 1. The normalized spacial score (nSPS) is 17.9. The maximum atomic E-state index is 8.83. The second-order valence-corrected chi connectivity index (χ2v) is 6.31. The van der Waals surface area contributed by atoms with Crippen molar-refractivity contribution in [2.45, 2.75) is 23.0 Å². The van der Waals surface area contributed by atoms with Crippen molar-refractivity contribution in [1.82, 2.24) is 0 Å². The molecule has 4 nitrogen and oxygen atoms in total. The van der Waals surface area contributed by atoms with E-state index in [-0.39, 0.29) is 5.84 Å². The molecule has 1 aliphatic rings. The third kappa shape index (κ3) is 3.40. The predicted molar refractivity (Wildman–Crippen MR) is 76.4 cm³/mol. The van der Waals surface area contributed by atoms with Crippen molar-refractivity contribution in [2.75, 3.05) is 13.2 Å². The number of hydrogen-bond acceptors (Lipinski definition) is 4. The van der Waals surface area contributed by atoms with E-state index in [1.807, 2.05) is 18.2 Å². The molecule has 1 saturated heterocycles. The monoisotopic (exact) mass is 330 g/mol. The van der Waals surface area contributed by atoms with Gasteiger partial charge in [-0.1, -0.05) is 21.1 Å². The number of benzene rings is 1. The fourth-order valence-electron chi connectivity index (χ4n) is 1.83. The molecule has 0 radical (unpaired) electrons. The first-order valence-corrected chi connectivity index (χ1v) is 7.40. The van der Waals surface area contributed by atoms with Gasteiger partial charge in [-0.25, -0.2) is 0 Å². The van der Waals surface area contributed by atoms with Crippen LogP contribution >= 0.6 is 27.7 Å². The average Bonchev–Trinajstić information content (AvgIpc) is 2.41. The lowest BCUT2D eigenvalue weighted by Gasteiger charge is -2.22. The van der Waals surface area contributed by atoms with Crippen molar-refractivity contribution in [2.24, 2.45) is 10.9 Å². The molecule has 98 valence electrons. The van der Waals surface area contributed by atoms with Crippen LogP contribution in [0.1, 0.15) is 18.4 Å². The molecule has 1 aromatic rings. The van der Waals surface area contributed by atoms with Crippen molar-refractivity contribution < 1.29 is 9.94 Å². The van der Waals surface area contributed by atoms with Crippen LogP contribution in [0.3, 0.4) is 0 Å². The molecular formula is C12H15BrN2O2S. The molecule has 0 bridgehead atoms. The molecule has 0 atom stereocenters. The summed E-state index contributed by atoms with van der Waals surface area (Å²) in [7, 11) is 0. The number of oxime groups is 1. The Bertz CT molecular complexity index is 448. The zero-order valence-electron chi connectivity index (χ0n) is 9.80. The highest BCUT2D eigenvalue weighted by Crippen LogP contribution is 2.33. The first-order valence-electron chi connectivity index (χ1n) is 5.72. The lowest BCUT2D eigenvalue weighted by atomic mass is 10.2. The molecule has 0 aliphatic carbocycles. The van der Waals surface area contributed by atoms with Gasteiger partial charge >= 0.3 is 0 Å². The average molecular weight is 331 g/mol. The van der Waals surface area contributed by atoms with Crippen LogP contribution in [0.2, 0.25) is 0 Å². The van der Waals surface area contributed by atoms with E-state index in [2.05, 4.69) is 21.1 Å². The summed E-state index contributed by atoms with van der Waals surface area (Å²) in [6.45, 7) is 1.63. The molecular weight excluding hydrogens is 316 g/mol. The zero-order chi connectivity index (χ0) is 13.0. The van der Waals surface area contributed by atoms with Crippen molar-refractivity contribution >= 4 is 33.5 Å². The molecule has 0 aromatic heterocycles. The van der Waals surface area contributed by atoms with Crippen LogP contribution in [-0.4, -0.2) is 29.5 Å². The van der Waals surface area contributed by atoms with Crippen LogP contribution in [0.4, 0.5) is 0 Å². The summed E-state index contributed by atoms with van der Waals surface area (Å²) in [6.07, 6.45) is 2.08. The van der Waals surface area contributed by atoms with Crippen molar-refractivity contribution in [1.29, 1.82) is 0 Å². The Labute approximate surface area is 119 Å². The number of nitrogens with two attached hydrogens (primary N) is 1. The van der Waals surface area contributed by atoms with Crippen molar-refractivity contribution in [3.63, 3.8) is 0 Å². The smallest absolute Gasteiger partial charge is 0.171 e. The molecule has 2 rings (SSSR count). The van der Waals surface area contributed by atoms with E-state index < -0.39 is 0 Å². The fourth-order valence-corrected chi connectivity index (χ4v) is 3.42. The van der Waals surface area contributed by atoms with Crippen LogP contribution < -0.4 is 5.73 Å². The summed E-state index contributed by atoms with van der Waals surface area (Å²) in [5, 5.41) is 12.4. The minimum Gasteiger partial charge on any atom is -0.409 e. The third-order valence-electron chi connectivity index (χ3n) is 2.79. The summed E-state index contributed by atoms with van der Waals surface area (Å²) >= 11 is 5.17. The van der Waals surface area contributed by atoms with Gasteiger partial charge < -0.3 is 15.7 Å². The standard InChI is InChI=1S/C12H15BrN2O2S/c13-8-1-2-11(10(7-8)12(14)15-16)18-9-3-5-17-6-4-9/h1-2,7,9,16H,3-6H2,(H2,14,15). The molecule has 1 fully saturated rings. The van der Waals surface area contributed by atoms with Crippen LogP contribution in [0.15, 0.2) is 32.7 Å². The van der Waals surface area contributed by atoms with E-state index in [0.717, 1.165) is 41.0 Å². The van der Waals surface area contributed by atoms with E-state index in [1.54, 1.807) is 11.8 Å². The Hall–Kier alpha value is -0.720. The number of halogens is 1. The zero-order valence-corrected chi connectivity index (χ0v) is 12.2. The SMILES string of the molecule is N/C(=N/O)c1cc(Br)ccc1SC1CCOCC1. The van der Waals surface area contributed by atoms with Crippen LogP contribution in [-0.2, 0) is 4.74 Å². The second-order valence-electron chi connectivity index (χ2n) is 4.06. The highest BCUT2D eigenvalue weighted by molar-refractivity contribution is 9.10. The first kappa shape index (κ1) is 13.7. The highest BCUT2D eigenvalue weighted by Gasteiger charge is 2.18. The molecule has 0 amide bonds. The maximum absolute atomic E-state index is 8.83. The van der Waals surface area contributed by atoms with Gasteiger partial charge in [-0.05, 0) is 31.0 Å². The molecule has 18 heavy (non-hydrogen) atoms. The Morgan fingerprint density at radius 1 is 1.44 bits per heavy atom. The van der Waals surface area contributed by atoms with Gasteiger partial charge in [0, 0.05) is 33.4 Å². The number of amidine groups is 1. The summed E-state index contributed by atoms with van der Waals surface area (Å²) < 4.78 is 6.26. The van der Waals surface area contributed by atoms with Crippen molar-refractivity contribution in [3.8, 4) is 0 Å². The third-order valence-corrected chi connectivity index (χ3v) is 4.70. The molecule has 1 aliphatic heterocycles. The van der Waals surface area contributed by atoms with E-state index in [0.29, 0.717) is 5.25 Å². The number of nitrogens with zero attached hydrogens (tertiary/aromatic N) is 1. The molecule has 0 unspecified atom stereocenters. The molecule has 1 aromatic carbocycles. The van der Waals surface area contributed by atoms with Gasteiger partial charge in [-0.15, -0.1) is 11.8 Å². The fraction of sp³-hybridized carbons (Fsp3) is 0.417. The molecule has 0 spiro atoms. The van der Waals surface area contributed by atoms with Gasteiger partial charge in [0.15, 0.2) is 5.84 Å².